The lowest BCUT2D eigenvalue weighted by molar-refractivity contribution is -0.134. The van der Waals surface area contributed by atoms with Gasteiger partial charge < -0.3 is 16.4 Å². The summed E-state index contributed by atoms with van der Waals surface area (Å²) in [5.74, 6) is 0.594. The van der Waals surface area contributed by atoms with Crippen molar-refractivity contribution in [3.05, 3.63) is 53.9 Å². The molecule has 0 spiro atoms. The van der Waals surface area contributed by atoms with Gasteiger partial charge in [0.2, 0.25) is 11.9 Å². The first-order valence-electron chi connectivity index (χ1n) is 9.32. The van der Waals surface area contributed by atoms with Crippen molar-refractivity contribution in [3.8, 4) is 0 Å². The highest BCUT2D eigenvalue weighted by molar-refractivity contribution is 5.83. The molecule has 1 aromatic carbocycles. The van der Waals surface area contributed by atoms with E-state index in [-0.39, 0.29) is 24.0 Å². The molecule has 2 saturated heterocycles. The first kappa shape index (κ1) is 17.8. The monoisotopic (exact) mass is 367 g/mol. The second-order valence-electron chi connectivity index (χ2n) is 7.17. The normalized spacial score (nSPS) is 26.3. The van der Waals surface area contributed by atoms with E-state index in [0.29, 0.717) is 25.0 Å². The maximum absolute atomic E-state index is 13.1. The van der Waals surface area contributed by atoms with Crippen LogP contribution in [0.15, 0.2) is 42.6 Å². The number of aromatic nitrogens is 2. The van der Waals surface area contributed by atoms with Gasteiger partial charge in [-0.1, -0.05) is 30.3 Å². The number of carbonyl (C=O) groups is 1. The Labute approximate surface area is 158 Å². The lowest BCUT2D eigenvalue weighted by Crippen LogP contribution is -2.49. The number of piperidine rings is 1. The molecule has 142 valence electrons. The molecule has 2 fully saturated rings. The molecule has 3 unspecified atom stereocenters. The third-order valence-electron chi connectivity index (χ3n) is 5.52. The van der Waals surface area contributed by atoms with Gasteiger partial charge in [0.15, 0.2) is 0 Å². The van der Waals surface area contributed by atoms with Gasteiger partial charge in [-0.05, 0) is 24.5 Å². The Morgan fingerprint density at radius 2 is 1.85 bits per heavy atom. The molecule has 0 radical (unpaired) electrons. The number of amides is 1. The maximum atomic E-state index is 13.1. The largest absolute Gasteiger partial charge is 0.368 e. The quantitative estimate of drug-likeness (QED) is 0.616. The minimum atomic E-state index is -0.367. The van der Waals surface area contributed by atoms with E-state index in [4.69, 9.17) is 11.5 Å². The first-order valence-corrected chi connectivity index (χ1v) is 9.32. The lowest BCUT2D eigenvalue weighted by atomic mass is 9.88. The fourth-order valence-electron chi connectivity index (χ4n) is 4.07. The van der Waals surface area contributed by atoms with Crippen molar-refractivity contribution in [2.24, 2.45) is 5.73 Å². The summed E-state index contributed by atoms with van der Waals surface area (Å²) in [7, 11) is 0. The highest BCUT2D eigenvalue weighted by atomic mass is 16.2. The van der Waals surface area contributed by atoms with Crippen LogP contribution in [0.3, 0.4) is 0 Å². The van der Waals surface area contributed by atoms with E-state index in [9.17, 15) is 4.79 Å². The molecule has 27 heavy (non-hydrogen) atoms. The minimum Gasteiger partial charge on any atom is -0.368 e. The smallest absolute Gasteiger partial charge is 0.241 e. The number of nitrogens with zero attached hydrogens (tertiary/aromatic N) is 3. The zero-order valence-corrected chi connectivity index (χ0v) is 15.1. The average Bonchev–Trinajstić information content (AvgIpc) is 3.09. The Balaban J connectivity index is 1.43. The molecule has 8 nitrogen and oxygen atoms in total. The second-order valence-corrected chi connectivity index (χ2v) is 7.17. The van der Waals surface area contributed by atoms with Crippen LogP contribution in [0.2, 0.25) is 0 Å². The van der Waals surface area contributed by atoms with Gasteiger partial charge in [0.1, 0.15) is 6.04 Å². The van der Waals surface area contributed by atoms with E-state index in [1.54, 1.807) is 6.20 Å². The summed E-state index contributed by atoms with van der Waals surface area (Å²) in [4.78, 5) is 23.4. The first-order chi connectivity index (χ1) is 13.1. The fourth-order valence-corrected chi connectivity index (χ4v) is 4.07. The fraction of sp³-hybridized carbons (Fsp3) is 0.421. The van der Waals surface area contributed by atoms with Crippen LogP contribution in [-0.2, 0) is 4.79 Å². The van der Waals surface area contributed by atoms with Gasteiger partial charge in [-0.15, -0.1) is 0 Å². The predicted octanol–water partition coefficient (Wildman–Crippen LogP) is 0.310. The van der Waals surface area contributed by atoms with E-state index in [2.05, 4.69) is 20.8 Å². The Kier molecular flexibility index (Phi) is 5.02. The van der Waals surface area contributed by atoms with Crippen molar-refractivity contribution < 1.29 is 4.79 Å². The summed E-state index contributed by atoms with van der Waals surface area (Å²) in [6.45, 7) is 1.39. The second kappa shape index (κ2) is 7.59. The number of nitrogens with two attached hydrogens (primary N) is 2. The summed E-state index contributed by atoms with van der Waals surface area (Å²) >= 11 is 0. The predicted molar refractivity (Wildman–Crippen MR) is 102 cm³/mol. The highest BCUT2D eigenvalue weighted by Gasteiger charge is 2.41. The zero-order chi connectivity index (χ0) is 18.8. The van der Waals surface area contributed by atoms with Crippen molar-refractivity contribution in [2.45, 2.75) is 36.9 Å². The van der Waals surface area contributed by atoms with Crippen LogP contribution < -0.4 is 22.3 Å². The number of anilines is 1. The topological polar surface area (TPSA) is 122 Å². The van der Waals surface area contributed by atoms with E-state index >= 15 is 0 Å². The van der Waals surface area contributed by atoms with Crippen LogP contribution in [-0.4, -0.2) is 46.1 Å². The molecule has 2 aliphatic heterocycles. The number of hydrogen-bond acceptors (Lipinski definition) is 7. The Morgan fingerprint density at radius 1 is 1.11 bits per heavy atom. The molecular formula is C19H25N7O. The summed E-state index contributed by atoms with van der Waals surface area (Å²) in [6.07, 6.45) is 3.12. The lowest BCUT2D eigenvalue weighted by Gasteiger charge is -2.34. The average molecular weight is 367 g/mol. The highest BCUT2D eigenvalue weighted by Crippen LogP contribution is 2.30. The molecule has 1 aromatic heterocycles. The molecule has 3 atom stereocenters. The van der Waals surface area contributed by atoms with Crippen LogP contribution in [0.5, 0.6) is 0 Å². The van der Waals surface area contributed by atoms with Gasteiger partial charge in [-0.3, -0.25) is 4.79 Å². The molecule has 3 heterocycles. The standard InChI is InChI=1S/C19H25N7O/c20-17-15(13-4-2-1-3-5-13)16(24-25-17)18(27)26-10-7-12(8-11-26)14-6-9-22-19(21)23-14/h1-6,9,12,15-17,24-25H,7-8,10-11,20H2,(H2,21,22,23). The van der Waals surface area contributed by atoms with E-state index in [1.165, 1.54) is 0 Å². The van der Waals surface area contributed by atoms with E-state index in [1.807, 2.05) is 41.3 Å². The number of hydrogen-bond donors (Lipinski definition) is 4. The number of rotatable bonds is 3. The number of benzene rings is 1. The van der Waals surface area contributed by atoms with Crippen molar-refractivity contribution in [3.63, 3.8) is 0 Å². The minimum absolute atomic E-state index is 0.0879. The van der Waals surface area contributed by atoms with Gasteiger partial charge in [-0.25, -0.2) is 20.8 Å². The van der Waals surface area contributed by atoms with Crippen LogP contribution >= 0.6 is 0 Å². The molecule has 1 amide bonds. The molecule has 4 rings (SSSR count). The van der Waals surface area contributed by atoms with E-state index in [0.717, 1.165) is 24.1 Å². The Bertz CT molecular complexity index is 792. The zero-order valence-electron chi connectivity index (χ0n) is 15.1. The molecule has 0 aliphatic carbocycles. The van der Waals surface area contributed by atoms with Crippen LogP contribution in [0, 0.1) is 0 Å². The van der Waals surface area contributed by atoms with Gasteiger partial charge in [0.25, 0.3) is 0 Å². The molecular weight excluding hydrogens is 342 g/mol. The number of hydrazine groups is 1. The van der Waals surface area contributed by atoms with Gasteiger partial charge in [0.05, 0.1) is 6.17 Å². The van der Waals surface area contributed by atoms with Gasteiger partial charge >= 0.3 is 0 Å². The van der Waals surface area contributed by atoms with E-state index < -0.39 is 0 Å². The summed E-state index contributed by atoms with van der Waals surface area (Å²) < 4.78 is 0. The SMILES string of the molecule is Nc1nccc(C2CCN(C(=O)C3NNC(N)C3c3ccccc3)CC2)n1. The molecule has 0 bridgehead atoms. The van der Waals surface area contributed by atoms with Crippen LogP contribution in [0.25, 0.3) is 0 Å². The molecule has 6 N–H and O–H groups in total. The third kappa shape index (κ3) is 3.64. The summed E-state index contributed by atoms with van der Waals surface area (Å²) in [5.41, 5.74) is 20.1. The molecule has 0 saturated carbocycles. The van der Waals surface area contributed by atoms with Gasteiger partial charge in [0, 0.05) is 36.8 Å². The number of carbonyl (C=O) groups excluding carboxylic acids is 1. The van der Waals surface area contributed by atoms with Crippen molar-refractivity contribution in [1.29, 1.82) is 0 Å². The van der Waals surface area contributed by atoms with Crippen LogP contribution in [0.1, 0.15) is 35.9 Å². The maximum Gasteiger partial charge on any atom is 0.241 e. The number of likely N-dealkylation sites (tertiary alicyclic amines) is 1. The number of nitrogens with one attached hydrogen (secondary N) is 2. The summed E-state index contributed by atoms with van der Waals surface area (Å²) in [5, 5.41) is 0. The Morgan fingerprint density at radius 3 is 2.56 bits per heavy atom. The van der Waals surface area contributed by atoms with Gasteiger partial charge in [-0.2, -0.15) is 0 Å². The van der Waals surface area contributed by atoms with Crippen molar-refractivity contribution in [1.82, 2.24) is 25.7 Å². The Hall–Kier alpha value is -2.55. The van der Waals surface area contributed by atoms with Crippen LogP contribution in [0.4, 0.5) is 5.95 Å². The molecule has 2 aromatic rings. The third-order valence-corrected chi connectivity index (χ3v) is 5.52. The van der Waals surface area contributed by atoms with Crippen molar-refractivity contribution in [2.75, 3.05) is 18.8 Å². The van der Waals surface area contributed by atoms with Crippen molar-refractivity contribution >= 4 is 11.9 Å². The number of nitrogen functional groups attached to an aromatic ring is 1. The molecule has 8 heteroatoms. The molecule has 2 aliphatic rings. The summed E-state index contributed by atoms with van der Waals surface area (Å²) in [6, 6.07) is 11.5.